The van der Waals surface area contributed by atoms with E-state index in [-0.39, 0.29) is 29.6 Å². The van der Waals surface area contributed by atoms with Gasteiger partial charge in [0.25, 0.3) is 0 Å². The van der Waals surface area contributed by atoms with E-state index in [4.69, 9.17) is 4.74 Å². The molecular formula is C19H22O3. The van der Waals surface area contributed by atoms with E-state index in [0.717, 1.165) is 12.8 Å². The number of allylic oxidation sites excluding steroid dienone is 1. The second kappa shape index (κ2) is 4.95. The highest BCUT2D eigenvalue weighted by atomic mass is 16.5. The van der Waals surface area contributed by atoms with Crippen molar-refractivity contribution in [2.24, 2.45) is 29.6 Å². The lowest BCUT2D eigenvalue weighted by Gasteiger charge is -2.50. The molecule has 116 valence electrons. The summed E-state index contributed by atoms with van der Waals surface area (Å²) in [6.07, 6.45) is 1.62. The van der Waals surface area contributed by atoms with Gasteiger partial charge in [-0.25, -0.2) is 0 Å². The van der Waals surface area contributed by atoms with E-state index in [0.29, 0.717) is 5.92 Å². The number of carbonyl (C=O) groups is 1. The van der Waals surface area contributed by atoms with Crippen molar-refractivity contribution < 1.29 is 14.6 Å². The standard InChI is InChI=1S/C19H22O3/c1-10-14(11-6-4-3-5-7-11)16-12-8-9-13(18(16)20)17(15(10)12)19(21)22-2/h3-7,12-13,15-18,20H,8-9H2,1-2H3/t12-,13+,15-,16-,17-,18-/m1/s1. The molecule has 5 rings (SSSR count). The smallest absolute Gasteiger partial charge is 0.309 e. The van der Waals surface area contributed by atoms with Crippen LogP contribution < -0.4 is 0 Å². The van der Waals surface area contributed by atoms with Crippen LogP contribution in [0.4, 0.5) is 0 Å². The zero-order chi connectivity index (χ0) is 15.4. The van der Waals surface area contributed by atoms with Crippen LogP contribution in [0.5, 0.6) is 0 Å². The van der Waals surface area contributed by atoms with Gasteiger partial charge in [0.1, 0.15) is 0 Å². The molecule has 0 aromatic heterocycles. The summed E-state index contributed by atoms with van der Waals surface area (Å²) in [5.41, 5.74) is 3.76. The third-order valence-corrected chi connectivity index (χ3v) is 6.23. The topological polar surface area (TPSA) is 46.5 Å². The Hall–Kier alpha value is -1.61. The Morgan fingerprint density at radius 3 is 2.50 bits per heavy atom. The molecular weight excluding hydrogens is 276 g/mol. The first-order chi connectivity index (χ1) is 10.6. The van der Waals surface area contributed by atoms with Crippen LogP contribution in [0.2, 0.25) is 0 Å². The number of esters is 1. The van der Waals surface area contributed by atoms with Crippen molar-refractivity contribution in [2.45, 2.75) is 25.9 Å². The lowest BCUT2D eigenvalue weighted by molar-refractivity contribution is -0.163. The monoisotopic (exact) mass is 298 g/mol. The van der Waals surface area contributed by atoms with Crippen molar-refractivity contribution in [2.75, 3.05) is 7.11 Å². The fourth-order valence-corrected chi connectivity index (χ4v) is 5.50. The van der Waals surface area contributed by atoms with Gasteiger partial charge in [-0.15, -0.1) is 0 Å². The fraction of sp³-hybridized carbons (Fsp3) is 0.526. The summed E-state index contributed by atoms with van der Waals surface area (Å²) in [4.78, 5) is 12.3. The lowest BCUT2D eigenvalue weighted by Crippen LogP contribution is -2.53. The lowest BCUT2D eigenvalue weighted by atomic mass is 9.55. The number of benzene rings is 1. The number of aliphatic hydroxyl groups is 1. The van der Waals surface area contributed by atoms with Gasteiger partial charge >= 0.3 is 5.97 Å². The van der Waals surface area contributed by atoms with E-state index >= 15 is 0 Å². The molecule has 4 bridgehead atoms. The summed E-state index contributed by atoms with van der Waals surface area (Å²) >= 11 is 0. The van der Waals surface area contributed by atoms with Crippen molar-refractivity contribution in [1.29, 1.82) is 0 Å². The van der Waals surface area contributed by atoms with Crippen molar-refractivity contribution in [3.05, 3.63) is 41.5 Å². The van der Waals surface area contributed by atoms with Gasteiger partial charge in [-0.05, 0) is 48.7 Å². The molecule has 4 aliphatic rings. The number of hydrogen-bond acceptors (Lipinski definition) is 3. The number of ether oxygens (including phenoxy) is 1. The molecule has 0 radical (unpaired) electrons. The van der Waals surface area contributed by atoms with Gasteiger partial charge in [0, 0.05) is 5.92 Å². The number of aliphatic hydroxyl groups excluding tert-OH is 1. The molecule has 0 spiro atoms. The minimum Gasteiger partial charge on any atom is -0.469 e. The molecule has 1 aromatic rings. The molecule has 3 saturated carbocycles. The van der Waals surface area contributed by atoms with Crippen LogP contribution in [0.3, 0.4) is 0 Å². The molecule has 1 aromatic carbocycles. The quantitative estimate of drug-likeness (QED) is 0.854. The molecule has 0 unspecified atom stereocenters. The molecule has 0 saturated heterocycles. The first kappa shape index (κ1) is 14.0. The predicted octanol–water partition coefficient (Wildman–Crippen LogP) is 2.90. The number of carbonyl (C=O) groups excluding carboxylic acids is 1. The highest BCUT2D eigenvalue weighted by Crippen LogP contribution is 2.63. The Morgan fingerprint density at radius 1 is 1.14 bits per heavy atom. The molecule has 6 atom stereocenters. The number of fused-ring (bicyclic) bond motifs is 1. The maximum absolute atomic E-state index is 12.3. The normalized spacial score (nSPS) is 39.2. The molecule has 3 nitrogen and oxygen atoms in total. The molecule has 0 aliphatic heterocycles. The highest BCUT2D eigenvalue weighted by molar-refractivity contribution is 5.80. The van der Waals surface area contributed by atoms with Crippen molar-refractivity contribution >= 4 is 11.5 Å². The van der Waals surface area contributed by atoms with Crippen LogP contribution in [0, 0.1) is 29.6 Å². The minimum atomic E-state index is -0.424. The Labute approximate surface area is 131 Å². The van der Waals surface area contributed by atoms with Crippen molar-refractivity contribution in [3.8, 4) is 0 Å². The average molecular weight is 298 g/mol. The maximum atomic E-state index is 12.3. The van der Waals surface area contributed by atoms with Gasteiger partial charge in [0.05, 0.1) is 19.1 Å². The third kappa shape index (κ3) is 1.69. The largest absolute Gasteiger partial charge is 0.469 e. The van der Waals surface area contributed by atoms with E-state index in [1.165, 1.54) is 23.8 Å². The van der Waals surface area contributed by atoms with Gasteiger partial charge in [0.15, 0.2) is 0 Å². The van der Waals surface area contributed by atoms with Gasteiger partial charge in [-0.2, -0.15) is 0 Å². The first-order valence-electron chi connectivity index (χ1n) is 8.17. The summed E-state index contributed by atoms with van der Waals surface area (Å²) in [7, 11) is 1.46. The Kier molecular flexibility index (Phi) is 3.15. The molecule has 3 fully saturated rings. The van der Waals surface area contributed by atoms with E-state index in [2.05, 4.69) is 19.1 Å². The van der Waals surface area contributed by atoms with Crippen LogP contribution in [0.25, 0.3) is 5.57 Å². The summed E-state index contributed by atoms with van der Waals surface area (Å²) in [6.45, 7) is 2.15. The average Bonchev–Trinajstić information content (AvgIpc) is 2.82. The Morgan fingerprint density at radius 2 is 1.82 bits per heavy atom. The predicted molar refractivity (Wildman–Crippen MR) is 83.7 cm³/mol. The Bertz CT molecular complexity index is 633. The molecule has 3 heteroatoms. The molecule has 22 heavy (non-hydrogen) atoms. The van der Waals surface area contributed by atoms with Gasteiger partial charge in [-0.1, -0.05) is 35.9 Å². The molecule has 0 heterocycles. The van der Waals surface area contributed by atoms with Crippen molar-refractivity contribution in [3.63, 3.8) is 0 Å². The van der Waals surface area contributed by atoms with Gasteiger partial charge in [-0.3, -0.25) is 4.79 Å². The number of hydrogen-bond donors (Lipinski definition) is 1. The summed E-state index contributed by atoms with van der Waals surface area (Å²) < 4.78 is 5.06. The van der Waals surface area contributed by atoms with Gasteiger partial charge < -0.3 is 9.84 Å². The second-order valence-corrected chi connectivity index (χ2v) is 6.96. The summed E-state index contributed by atoms with van der Waals surface area (Å²) in [5, 5.41) is 10.9. The van der Waals surface area contributed by atoms with Crippen LogP contribution in [0.1, 0.15) is 25.3 Å². The maximum Gasteiger partial charge on any atom is 0.309 e. The van der Waals surface area contributed by atoms with E-state index in [1.807, 2.05) is 18.2 Å². The highest BCUT2D eigenvalue weighted by Gasteiger charge is 2.61. The third-order valence-electron chi connectivity index (χ3n) is 6.23. The second-order valence-electron chi connectivity index (χ2n) is 6.96. The van der Waals surface area contributed by atoms with E-state index in [9.17, 15) is 9.90 Å². The molecule has 1 N–H and O–H groups in total. The minimum absolute atomic E-state index is 0.0450. The van der Waals surface area contributed by atoms with Crippen LogP contribution in [-0.4, -0.2) is 24.3 Å². The molecule has 0 amide bonds. The van der Waals surface area contributed by atoms with Crippen LogP contribution in [-0.2, 0) is 9.53 Å². The van der Waals surface area contributed by atoms with Crippen LogP contribution in [0.15, 0.2) is 35.9 Å². The van der Waals surface area contributed by atoms with E-state index < -0.39 is 6.10 Å². The number of methoxy groups -OCH3 is 1. The first-order valence-corrected chi connectivity index (χ1v) is 8.17. The molecule has 4 aliphatic carbocycles. The van der Waals surface area contributed by atoms with Crippen molar-refractivity contribution in [1.82, 2.24) is 0 Å². The SMILES string of the molecule is COC(=O)[C@@H]1[C@@H]2CC[C@H]3[C@H](C(c4ccccc4)=C(C)[C@H]31)[C@@H]2O. The van der Waals surface area contributed by atoms with Crippen LogP contribution >= 0.6 is 0 Å². The zero-order valence-electron chi connectivity index (χ0n) is 13.0. The fourth-order valence-electron chi connectivity index (χ4n) is 5.50. The summed E-state index contributed by atoms with van der Waals surface area (Å²) in [6, 6.07) is 10.3. The summed E-state index contributed by atoms with van der Waals surface area (Å²) in [5.74, 6) is 0.548. The zero-order valence-corrected chi connectivity index (χ0v) is 13.0. The van der Waals surface area contributed by atoms with E-state index in [1.54, 1.807) is 0 Å². The van der Waals surface area contributed by atoms with Gasteiger partial charge in [0.2, 0.25) is 0 Å². The number of rotatable bonds is 2. The Balaban J connectivity index is 1.84.